The van der Waals surface area contributed by atoms with E-state index >= 15 is 0 Å². The fourth-order valence-corrected chi connectivity index (χ4v) is 3.53. The first-order valence-corrected chi connectivity index (χ1v) is 9.15. The zero-order valence-corrected chi connectivity index (χ0v) is 14.5. The number of aliphatic carboxylic acids is 1. The molecule has 1 saturated carbocycles. The molecule has 140 valence electrons. The van der Waals surface area contributed by atoms with Crippen LogP contribution in [0.2, 0.25) is 0 Å². The number of aromatic hydroxyl groups is 1. The molecule has 11 heteroatoms. The van der Waals surface area contributed by atoms with Crippen LogP contribution in [0.1, 0.15) is 35.7 Å². The molecule has 1 aromatic rings. The third-order valence-electron chi connectivity index (χ3n) is 4.55. The first kappa shape index (κ1) is 19.8. The smallest absolute Gasteiger partial charge is 0.469 e. The van der Waals surface area contributed by atoms with Crippen LogP contribution >= 0.6 is 7.82 Å². The summed E-state index contributed by atoms with van der Waals surface area (Å²) in [6, 6.07) is -1.30. The molecule has 0 spiro atoms. The lowest BCUT2D eigenvalue weighted by atomic mass is 9.87. The molecule has 1 fully saturated rings. The molecule has 1 aliphatic rings. The first-order chi connectivity index (χ1) is 11.5. The number of rotatable bonds is 6. The summed E-state index contributed by atoms with van der Waals surface area (Å²) in [5.74, 6) is -2.20. The van der Waals surface area contributed by atoms with Crippen molar-refractivity contribution in [2.75, 3.05) is 0 Å². The van der Waals surface area contributed by atoms with Crippen molar-refractivity contribution in [3.05, 3.63) is 23.0 Å². The quantitative estimate of drug-likeness (QED) is 0.373. The van der Waals surface area contributed by atoms with E-state index in [1.54, 1.807) is 6.92 Å². The van der Waals surface area contributed by atoms with Crippen molar-refractivity contribution in [3.63, 3.8) is 0 Å². The number of phosphoric acid groups is 1. The van der Waals surface area contributed by atoms with Crippen LogP contribution in [0.4, 0.5) is 0 Å². The fraction of sp³-hybridized carbons (Fsp3) is 0.571. The lowest BCUT2D eigenvalue weighted by Gasteiger charge is -2.26. The largest absolute Gasteiger partial charge is 0.506 e. The number of aryl methyl sites for hydroxylation is 1. The lowest BCUT2D eigenvalue weighted by molar-refractivity contribution is -0.141. The summed E-state index contributed by atoms with van der Waals surface area (Å²) in [4.78, 5) is 32.9. The molecule has 0 bridgehead atoms. The van der Waals surface area contributed by atoms with Gasteiger partial charge < -0.3 is 31.5 Å². The van der Waals surface area contributed by atoms with Gasteiger partial charge in [-0.3, -0.25) is 14.3 Å². The number of aromatic nitrogens is 1. The van der Waals surface area contributed by atoms with Gasteiger partial charge in [-0.15, -0.1) is 0 Å². The molecule has 8 N–H and O–H groups in total. The number of nitrogens with two attached hydrogens (primary N) is 2. The van der Waals surface area contributed by atoms with Gasteiger partial charge in [-0.2, -0.15) is 0 Å². The van der Waals surface area contributed by atoms with Crippen LogP contribution in [0.5, 0.6) is 5.75 Å². The van der Waals surface area contributed by atoms with E-state index in [0.717, 1.165) is 0 Å². The number of pyridine rings is 1. The predicted molar refractivity (Wildman–Crippen MR) is 86.2 cm³/mol. The molecule has 25 heavy (non-hydrogen) atoms. The predicted octanol–water partition coefficient (Wildman–Crippen LogP) is 0.143. The van der Waals surface area contributed by atoms with E-state index in [1.807, 2.05) is 0 Å². The maximum absolute atomic E-state index is 11.2. The molecular weight excluding hydrogens is 353 g/mol. The molecule has 1 aromatic heterocycles. The van der Waals surface area contributed by atoms with Gasteiger partial charge in [0.2, 0.25) is 0 Å². The zero-order valence-electron chi connectivity index (χ0n) is 13.6. The van der Waals surface area contributed by atoms with Crippen LogP contribution in [0.3, 0.4) is 0 Å². The van der Waals surface area contributed by atoms with Crippen LogP contribution in [0, 0.1) is 18.8 Å². The van der Waals surface area contributed by atoms with E-state index in [9.17, 15) is 14.5 Å². The van der Waals surface area contributed by atoms with E-state index in [0.29, 0.717) is 0 Å². The Morgan fingerprint density at radius 2 is 2.12 bits per heavy atom. The second-order valence-electron chi connectivity index (χ2n) is 6.26. The molecule has 0 amide bonds. The SMILES string of the molecule is Cc1ncc(COP(=O)(O)O)c([C@H](N)[C@@H]2C[C@H](C(=O)O)CC2N)c1O. The number of carboxylic acids is 1. The number of phosphoric ester groups is 1. The van der Waals surface area contributed by atoms with Crippen molar-refractivity contribution in [3.8, 4) is 5.75 Å². The van der Waals surface area contributed by atoms with E-state index in [1.165, 1.54) is 6.20 Å². The molecule has 1 unspecified atom stereocenters. The number of carboxylic acid groups (broad SMARTS) is 1. The monoisotopic (exact) mass is 375 g/mol. The minimum atomic E-state index is -4.72. The van der Waals surface area contributed by atoms with Gasteiger partial charge in [0.15, 0.2) is 0 Å². The highest BCUT2D eigenvalue weighted by Crippen LogP contribution is 2.43. The fourth-order valence-electron chi connectivity index (χ4n) is 3.22. The minimum absolute atomic E-state index is 0.213. The van der Waals surface area contributed by atoms with Crippen molar-refractivity contribution < 1.29 is 33.9 Å². The lowest BCUT2D eigenvalue weighted by Crippen LogP contribution is -2.34. The van der Waals surface area contributed by atoms with E-state index in [4.69, 9.17) is 26.4 Å². The van der Waals surface area contributed by atoms with Crippen molar-refractivity contribution in [2.24, 2.45) is 23.3 Å². The third-order valence-corrected chi connectivity index (χ3v) is 5.02. The van der Waals surface area contributed by atoms with Gasteiger partial charge >= 0.3 is 13.8 Å². The van der Waals surface area contributed by atoms with Crippen LogP contribution < -0.4 is 11.5 Å². The topological polar surface area (TPSA) is 189 Å². The Labute approximate surface area is 144 Å². The van der Waals surface area contributed by atoms with Crippen molar-refractivity contribution >= 4 is 13.8 Å². The summed E-state index contributed by atoms with van der Waals surface area (Å²) in [7, 11) is -4.72. The summed E-state index contributed by atoms with van der Waals surface area (Å²) in [5, 5.41) is 19.5. The zero-order chi connectivity index (χ0) is 18.9. The number of hydrogen-bond acceptors (Lipinski definition) is 7. The van der Waals surface area contributed by atoms with Crippen LogP contribution in [-0.4, -0.2) is 37.0 Å². The number of nitrogens with zero attached hydrogens (tertiary/aromatic N) is 1. The second-order valence-corrected chi connectivity index (χ2v) is 7.49. The molecule has 0 saturated heterocycles. The standard InChI is InChI=1S/C14H22N3O7P/c1-6-13(18)11(8(4-17-6)5-24-25(21,22)23)12(16)9-2-7(14(19)20)3-10(9)15/h4,7,9-10,12,18H,2-3,5,15-16H2,1H3,(H,19,20)(H2,21,22,23)/t7-,9+,10?,12+/m0/s1. The molecule has 0 radical (unpaired) electrons. The van der Waals surface area contributed by atoms with Gasteiger partial charge in [-0.1, -0.05) is 0 Å². The summed E-state index contributed by atoms with van der Waals surface area (Å²) >= 11 is 0. The highest BCUT2D eigenvalue weighted by atomic mass is 31.2. The Balaban J connectivity index is 2.34. The van der Waals surface area contributed by atoms with E-state index < -0.39 is 44.3 Å². The Kier molecular flexibility index (Phi) is 5.82. The summed E-state index contributed by atoms with van der Waals surface area (Å²) in [5.41, 5.74) is 13.0. The van der Waals surface area contributed by atoms with Gasteiger partial charge in [0.1, 0.15) is 5.75 Å². The molecule has 10 nitrogen and oxygen atoms in total. The van der Waals surface area contributed by atoms with Crippen LogP contribution in [0.15, 0.2) is 6.20 Å². The molecule has 0 aromatic carbocycles. The van der Waals surface area contributed by atoms with Crippen LogP contribution in [-0.2, 0) is 20.5 Å². The first-order valence-electron chi connectivity index (χ1n) is 7.62. The van der Waals surface area contributed by atoms with Gasteiger partial charge in [-0.25, -0.2) is 4.57 Å². The Morgan fingerprint density at radius 3 is 2.64 bits per heavy atom. The van der Waals surface area contributed by atoms with Crippen molar-refractivity contribution in [2.45, 2.75) is 38.5 Å². The average molecular weight is 375 g/mol. The van der Waals surface area contributed by atoms with Crippen molar-refractivity contribution in [1.29, 1.82) is 0 Å². The Morgan fingerprint density at radius 1 is 1.48 bits per heavy atom. The molecule has 4 atom stereocenters. The van der Waals surface area contributed by atoms with E-state index in [-0.39, 0.29) is 35.4 Å². The molecular formula is C14H22N3O7P. The highest BCUT2D eigenvalue weighted by Gasteiger charge is 2.40. The van der Waals surface area contributed by atoms with Crippen molar-refractivity contribution in [1.82, 2.24) is 4.98 Å². The second kappa shape index (κ2) is 7.36. The molecule has 2 rings (SSSR count). The molecule has 1 aliphatic carbocycles. The Bertz CT molecular complexity index is 708. The van der Waals surface area contributed by atoms with Gasteiger partial charge in [0.05, 0.1) is 18.2 Å². The van der Waals surface area contributed by atoms with Gasteiger partial charge in [-0.05, 0) is 25.7 Å². The van der Waals surface area contributed by atoms with Gasteiger partial charge in [0, 0.05) is 29.4 Å². The summed E-state index contributed by atoms with van der Waals surface area (Å²) in [6.45, 7) is 1.05. The van der Waals surface area contributed by atoms with Crippen LogP contribution in [0.25, 0.3) is 0 Å². The molecule has 1 heterocycles. The Hall–Kier alpha value is -1.55. The number of hydrogen-bond donors (Lipinski definition) is 6. The van der Waals surface area contributed by atoms with Gasteiger partial charge in [0.25, 0.3) is 0 Å². The molecule has 0 aliphatic heterocycles. The van der Waals surface area contributed by atoms with E-state index in [2.05, 4.69) is 9.51 Å². The summed E-state index contributed by atoms with van der Waals surface area (Å²) < 4.78 is 15.4. The normalized spacial score (nSPS) is 25.1. The average Bonchev–Trinajstić information content (AvgIpc) is 2.89. The highest BCUT2D eigenvalue weighted by molar-refractivity contribution is 7.46. The number of carbonyl (C=O) groups is 1. The third kappa shape index (κ3) is 4.55. The maximum atomic E-state index is 11.2. The summed E-state index contributed by atoms with van der Waals surface area (Å²) in [6.07, 6.45) is 1.83. The minimum Gasteiger partial charge on any atom is -0.506 e. The maximum Gasteiger partial charge on any atom is 0.469 e.